The highest BCUT2D eigenvalue weighted by molar-refractivity contribution is 6.30. The largest absolute Gasteiger partial charge is 0.383 e. The summed E-state index contributed by atoms with van der Waals surface area (Å²) < 4.78 is 4.98. The first-order valence-electron chi connectivity index (χ1n) is 5.30. The van der Waals surface area contributed by atoms with Crippen LogP contribution in [0.1, 0.15) is 5.56 Å². The van der Waals surface area contributed by atoms with E-state index in [0.717, 1.165) is 30.4 Å². The Morgan fingerprint density at radius 2 is 2.12 bits per heavy atom. The second kappa shape index (κ2) is 6.74. The molecule has 90 valence electrons. The second-order valence-electron chi connectivity index (χ2n) is 3.84. The molecule has 0 unspecified atom stereocenters. The van der Waals surface area contributed by atoms with Crippen molar-refractivity contribution < 1.29 is 4.74 Å². The summed E-state index contributed by atoms with van der Waals surface area (Å²) in [6, 6.07) is 5.95. The number of benzene rings is 1. The molecule has 0 atom stereocenters. The van der Waals surface area contributed by atoms with Gasteiger partial charge >= 0.3 is 0 Å². The lowest BCUT2D eigenvalue weighted by Crippen LogP contribution is -2.20. The van der Waals surface area contributed by atoms with Gasteiger partial charge in [0.1, 0.15) is 0 Å². The van der Waals surface area contributed by atoms with Gasteiger partial charge in [0.15, 0.2) is 0 Å². The van der Waals surface area contributed by atoms with Gasteiger partial charge in [-0.05, 0) is 17.7 Å². The summed E-state index contributed by atoms with van der Waals surface area (Å²) in [6.07, 6.45) is 0. The molecule has 3 nitrogen and oxygen atoms in total. The van der Waals surface area contributed by atoms with E-state index in [2.05, 4.69) is 16.3 Å². The van der Waals surface area contributed by atoms with Gasteiger partial charge in [-0.15, -0.1) is 0 Å². The Kier molecular flexibility index (Phi) is 5.60. The number of methoxy groups -OCH3 is 1. The van der Waals surface area contributed by atoms with Crippen LogP contribution < -0.4 is 10.2 Å². The molecule has 0 saturated carbocycles. The second-order valence-corrected chi connectivity index (χ2v) is 4.27. The Labute approximate surface area is 102 Å². The van der Waals surface area contributed by atoms with Crippen LogP contribution in [-0.2, 0) is 11.3 Å². The van der Waals surface area contributed by atoms with Crippen molar-refractivity contribution in [3.05, 3.63) is 28.8 Å². The molecule has 0 saturated heterocycles. The van der Waals surface area contributed by atoms with Crippen molar-refractivity contribution >= 4 is 17.3 Å². The molecule has 1 aromatic rings. The van der Waals surface area contributed by atoms with Gasteiger partial charge in [0.05, 0.1) is 6.61 Å². The van der Waals surface area contributed by atoms with Crippen molar-refractivity contribution in [1.82, 2.24) is 5.32 Å². The number of nitrogens with one attached hydrogen (secondary N) is 1. The van der Waals surface area contributed by atoms with Crippen molar-refractivity contribution in [2.24, 2.45) is 0 Å². The summed E-state index contributed by atoms with van der Waals surface area (Å²) in [4.78, 5) is 2.07. The van der Waals surface area contributed by atoms with Crippen LogP contribution in [0, 0.1) is 0 Å². The molecular formula is C12H19ClN2O. The van der Waals surface area contributed by atoms with E-state index in [4.69, 9.17) is 16.3 Å². The number of rotatable bonds is 6. The van der Waals surface area contributed by atoms with Crippen LogP contribution in [0.2, 0.25) is 5.02 Å². The van der Waals surface area contributed by atoms with Crippen LogP contribution in [0.3, 0.4) is 0 Å². The monoisotopic (exact) mass is 242 g/mol. The fourth-order valence-corrected chi connectivity index (χ4v) is 1.67. The fraction of sp³-hybridized carbons (Fsp3) is 0.500. The molecule has 0 fully saturated rings. The third kappa shape index (κ3) is 4.00. The average molecular weight is 243 g/mol. The fourth-order valence-electron chi connectivity index (χ4n) is 1.50. The van der Waals surface area contributed by atoms with E-state index in [-0.39, 0.29) is 0 Å². The van der Waals surface area contributed by atoms with E-state index in [1.807, 2.05) is 26.2 Å². The number of nitrogens with zero attached hydrogens (tertiary/aromatic N) is 1. The van der Waals surface area contributed by atoms with E-state index in [1.54, 1.807) is 7.11 Å². The molecule has 0 aliphatic heterocycles. The topological polar surface area (TPSA) is 24.5 Å². The van der Waals surface area contributed by atoms with Crippen LogP contribution in [0.15, 0.2) is 18.2 Å². The van der Waals surface area contributed by atoms with E-state index in [9.17, 15) is 0 Å². The molecule has 0 bridgehead atoms. The molecule has 0 aliphatic carbocycles. The van der Waals surface area contributed by atoms with Gasteiger partial charge in [-0.2, -0.15) is 0 Å². The minimum Gasteiger partial charge on any atom is -0.383 e. The van der Waals surface area contributed by atoms with E-state index in [1.165, 1.54) is 5.56 Å². The Bertz CT molecular complexity index is 329. The molecule has 0 spiro atoms. The lowest BCUT2D eigenvalue weighted by molar-refractivity contribution is 0.199. The first-order chi connectivity index (χ1) is 7.65. The number of hydrogen-bond donors (Lipinski definition) is 1. The Balaban J connectivity index is 2.64. The summed E-state index contributed by atoms with van der Waals surface area (Å²) >= 11 is 5.98. The normalized spacial score (nSPS) is 10.5. The minimum absolute atomic E-state index is 0.727. The molecular weight excluding hydrogens is 224 g/mol. The maximum absolute atomic E-state index is 5.98. The zero-order valence-electron chi connectivity index (χ0n) is 10.1. The molecule has 16 heavy (non-hydrogen) atoms. The van der Waals surface area contributed by atoms with Crippen molar-refractivity contribution in [2.45, 2.75) is 6.54 Å². The third-order valence-corrected chi connectivity index (χ3v) is 2.56. The van der Waals surface area contributed by atoms with Gasteiger partial charge in [-0.25, -0.2) is 0 Å². The summed E-state index contributed by atoms with van der Waals surface area (Å²) in [6.45, 7) is 2.41. The summed E-state index contributed by atoms with van der Waals surface area (Å²) in [7, 11) is 5.74. The summed E-state index contributed by atoms with van der Waals surface area (Å²) in [5.74, 6) is 0. The maximum atomic E-state index is 5.98. The lowest BCUT2D eigenvalue weighted by atomic mass is 10.1. The van der Waals surface area contributed by atoms with Gasteiger partial charge in [0.2, 0.25) is 0 Å². The summed E-state index contributed by atoms with van der Waals surface area (Å²) in [5.41, 5.74) is 2.39. The Morgan fingerprint density at radius 3 is 2.75 bits per heavy atom. The third-order valence-electron chi connectivity index (χ3n) is 2.33. The van der Waals surface area contributed by atoms with Crippen LogP contribution in [0.5, 0.6) is 0 Å². The van der Waals surface area contributed by atoms with Crippen molar-refractivity contribution in [1.29, 1.82) is 0 Å². The zero-order chi connectivity index (χ0) is 12.0. The number of halogens is 1. The number of hydrogen-bond acceptors (Lipinski definition) is 3. The Morgan fingerprint density at radius 1 is 1.38 bits per heavy atom. The number of anilines is 1. The Hall–Kier alpha value is -0.770. The molecule has 0 heterocycles. The van der Waals surface area contributed by atoms with Crippen molar-refractivity contribution in [2.75, 3.05) is 39.3 Å². The van der Waals surface area contributed by atoms with Gasteiger partial charge in [-0.3, -0.25) is 0 Å². The van der Waals surface area contributed by atoms with Gasteiger partial charge in [-0.1, -0.05) is 17.7 Å². The lowest BCUT2D eigenvalue weighted by Gasteiger charge is -2.18. The highest BCUT2D eigenvalue weighted by Crippen LogP contribution is 2.23. The van der Waals surface area contributed by atoms with E-state index in [0.29, 0.717) is 0 Å². The van der Waals surface area contributed by atoms with Gasteiger partial charge in [0.25, 0.3) is 0 Å². The van der Waals surface area contributed by atoms with Crippen molar-refractivity contribution in [3.8, 4) is 0 Å². The number of ether oxygens (including phenoxy) is 1. The first-order valence-corrected chi connectivity index (χ1v) is 5.68. The van der Waals surface area contributed by atoms with Crippen LogP contribution in [0.25, 0.3) is 0 Å². The van der Waals surface area contributed by atoms with Gasteiger partial charge in [0, 0.05) is 45.0 Å². The van der Waals surface area contributed by atoms with Crippen LogP contribution in [-0.4, -0.2) is 34.4 Å². The molecule has 0 aromatic heterocycles. The highest BCUT2D eigenvalue weighted by atomic mass is 35.5. The van der Waals surface area contributed by atoms with E-state index >= 15 is 0 Å². The zero-order valence-corrected chi connectivity index (χ0v) is 10.8. The smallest absolute Gasteiger partial charge is 0.0587 e. The molecule has 0 amide bonds. The molecule has 1 rings (SSSR count). The van der Waals surface area contributed by atoms with Crippen molar-refractivity contribution in [3.63, 3.8) is 0 Å². The van der Waals surface area contributed by atoms with E-state index < -0.39 is 0 Å². The molecule has 1 N–H and O–H groups in total. The predicted octanol–water partition coefficient (Wildman–Crippen LogP) is 2.14. The standard InChI is InChI=1S/C12H19ClN2O/c1-15(2)12-8-11(13)5-4-10(12)9-14-6-7-16-3/h4-5,8,14H,6-7,9H2,1-3H3. The maximum Gasteiger partial charge on any atom is 0.0587 e. The van der Waals surface area contributed by atoms with Crippen LogP contribution >= 0.6 is 11.6 Å². The minimum atomic E-state index is 0.727. The molecule has 0 aliphatic rings. The molecule has 1 aromatic carbocycles. The first kappa shape index (κ1) is 13.3. The molecule has 4 heteroatoms. The van der Waals surface area contributed by atoms with Gasteiger partial charge < -0.3 is 15.0 Å². The predicted molar refractivity (Wildman–Crippen MR) is 69.4 cm³/mol. The SMILES string of the molecule is COCCNCc1ccc(Cl)cc1N(C)C. The average Bonchev–Trinajstić information content (AvgIpc) is 2.26. The highest BCUT2D eigenvalue weighted by Gasteiger charge is 2.04. The van der Waals surface area contributed by atoms with Crippen LogP contribution in [0.4, 0.5) is 5.69 Å². The quantitative estimate of drug-likeness (QED) is 0.774. The molecule has 0 radical (unpaired) electrons. The summed E-state index contributed by atoms with van der Waals surface area (Å²) in [5, 5.41) is 4.09.